The molecule has 0 aliphatic carbocycles. The van der Waals surface area contributed by atoms with Gasteiger partial charge in [-0.05, 0) is 26.7 Å². The van der Waals surface area contributed by atoms with E-state index in [0.717, 1.165) is 0 Å². The van der Waals surface area contributed by atoms with E-state index in [2.05, 4.69) is 20.8 Å². The Kier molecular flexibility index (Phi) is 22.9. The van der Waals surface area contributed by atoms with Crippen molar-refractivity contribution in [2.45, 2.75) is 111 Å². The Morgan fingerprint density at radius 3 is 1.09 bits per heavy atom. The van der Waals surface area contributed by atoms with E-state index in [0.29, 0.717) is 0 Å². The minimum absolute atomic E-state index is 0. The summed E-state index contributed by atoms with van der Waals surface area (Å²) in [6.07, 6.45) is 20.5. The zero-order valence-electron chi connectivity index (χ0n) is 15.9. The smallest absolute Gasteiger partial charge is 0.0770 e. The summed E-state index contributed by atoms with van der Waals surface area (Å²) in [5.74, 6) is 0. The van der Waals surface area contributed by atoms with E-state index in [9.17, 15) is 0 Å². The second-order valence-corrected chi connectivity index (χ2v) is 6.80. The third kappa shape index (κ3) is 17.9. The summed E-state index contributed by atoms with van der Waals surface area (Å²) in [5.41, 5.74) is 0. The molecule has 0 saturated heterocycles. The molecule has 0 saturated carbocycles. The fraction of sp³-hybridized carbons (Fsp3) is 1.00. The number of halogens is 1. The Balaban J connectivity index is 0. The molecule has 0 aliphatic heterocycles. The van der Waals surface area contributed by atoms with Crippen LogP contribution in [0.25, 0.3) is 0 Å². The predicted octanol–water partition coefficient (Wildman–Crippen LogP) is 2.40. The third-order valence-corrected chi connectivity index (χ3v) is 4.88. The van der Waals surface area contributed by atoms with Gasteiger partial charge in [-0.1, -0.05) is 84.0 Å². The van der Waals surface area contributed by atoms with Crippen molar-refractivity contribution in [1.82, 2.24) is 0 Å². The van der Waals surface area contributed by atoms with Crippen LogP contribution in [0.2, 0.25) is 0 Å². The molecule has 0 aliphatic rings. The number of rotatable bonds is 17. The normalized spacial score (nSPS) is 10.9. The van der Waals surface area contributed by atoms with Crippen molar-refractivity contribution >= 4 is 0 Å². The molecule has 0 fully saturated rings. The molecule has 0 atom stereocenters. The first kappa shape index (κ1) is 24.1. The van der Waals surface area contributed by atoms with Crippen molar-refractivity contribution < 1.29 is 9.60 Å². The predicted molar refractivity (Wildman–Crippen MR) is 97.2 cm³/mol. The Morgan fingerprint density at radius 1 is 0.455 bits per heavy atom. The molecule has 0 bridgehead atoms. The highest BCUT2D eigenvalue weighted by Crippen LogP contribution is 2.12. The first-order chi connectivity index (χ1) is 10.3. The van der Waals surface area contributed by atoms with Crippen LogP contribution in [-0.4, -0.2) is 19.6 Å². The molecule has 2 heteroatoms. The average Bonchev–Trinajstić information content (AvgIpc) is 2.51. The van der Waals surface area contributed by atoms with Gasteiger partial charge in [0.25, 0.3) is 0 Å². The molecule has 0 aromatic heterocycles. The number of quaternary nitrogens is 1. The Hall–Kier alpha value is -0.110. The molecular formula is C20H44FN. The largest absolute Gasteiger partial charge is 1.00 e. The van der Waals surface area contributed by atoms with Gasteiger partial charge in [0.05, 0.1) is 19.6 Å². The maximum absolute atomic E-state index is 2.31. The lowest BCUT2D eigenvalue weighted by molar-refractivity contribution is -0.896. The molecule has 0 rings (SSSR count). The Morgan fingerprint density at radius 2 is 0.773 bits per heavy atom. The highest BCUT2D eigenvalue weighted by atomic mass is 19.0. The minimum atomic E-state index is 0. The van der Waals surface area contributed by atoms with E-state index < -0.39 is 0 Å². The van der Waals surface area contributed by atoms with Gasteiger partial charge < -0.3 is 9.60 Å². The lowest BCUT2D eigenvalue weighted by Gasteiger charge is -2.14. The number of unbranched alkanes of at least 4 members (excludes halogenated alkanes) is 13. The van der Waals surface area contributed by atoms with E-state index >= 15 is 0 Å². The van der Waals surface area contributed by atoms with E-state index in [1.54, 1.807) is 4.90 Å². The van der Waals surface area contributed by atoms with Gasteiger partial charge in [0.15, 0.2) is 0 Å². The van der Waals surface area contributed by atoms with Crippen LogP contribution in [0.15, 0.2) is 0 Å². The molecule has 0 aromatic carbocycles. The second-order valence-electron chi connectivity index (χ2n) is 6.80. The fourth-order valence-electron chi connectivity index (χ4n) is 3.17. The van der Waals surface area contributed by atoms with Crippen LogP contribution in [0.4, 0.5) is 0 Å². The molecule has 1 N–H and O–H groups in total. The van der Waals surface area contributed by atoms with E-state index in [1.807, 2.05) is 0 Å². The maximum atomic E-state index is 2.31. The first-order valence-corrected chi connectivity index (χ1v) is 10.2. The molecule has 0 amide bonds. The van der Waals surface area contributed by atoms with Gasteiger partial charge in [-0.2, -0.15) is 0 Å². The van der Waals surface area contributed by atoms with Crippen LogP contribution >= 0.6 is 0 Å². The average molecular weight is 318 g/mol. The highest BCUT2D eigenvalue weighted by Gasteiger charge is 2.01. The van der Waals surface area contributed by atoms with Gasteiger partial charge >= 0.3 is 0 Å². The summed E-state index contributed by atoms with van der Waals surface area (Å²) in [6, 6.07) is 0. The molecule has 0 radical (unpaired) electrons. The van der Waals surface area contributed by atoms with Crippen molar-refractivity contribution in [2.24, 2.45) is 0 Å². The van der Waals surface area contributed by atoms with Gasteiger partial charge in [-0.3, -0.25) is 0 Å². The summed E-state index contributed by atoms with van der Waals surface area (Å²) >= 11 is 0. The molecule has 0 unspecified atom stereocenters. The standard InChI is InChI=1S/C20H43N.FH/c1-4-7-8-9-10-11-12-13-14-15-16-17-18-19-20-21(5-2)6-3;/h4-20H2,1-3H3;1H. The molecule has 1 nitrogen and oxygen atoms in total. The van der Waals surface area contributed by atoms with Crippen molar-refractivity contribution in [2.75, 3.05) is 19.6 Å². The lowest BCUT2D eigenvalue weighted by Crippen LogP contribution is -3.11. The Bertz CT molecular complexity index is 181. The quantitative estimate of drug-likeness (QED) is 0.393. The van der Waals surface area contributed by atoms with Crippen LogP contribution in [0, 0.1) is 0 Å². The summed E-state index contributed by atoms with van der Waals surface area (Å²) in [6.45, 7) is 10.9. The van der Waals surface area contributed by atoms with Crippen molar-refractivity contribution in [3.8, 4) is 0 Å². The summed E-state index contributed by atoms with van der Waals surface area (Å²) in [4.78, 5) is 1.77. The molecule has 136 valence electrons. The number of hydrogen-bond acceptors (Lipinski definition) is 0. The van der Waals surface area contributed by atoms with E-state index in [1.165, 1.54) is 110 Å². The van der Waals surface area contributed by atoms with Crippen molar-refractivity contribution in [3.63, 3.8) is 0 Å². The van der Waals surface area contributed by atoms with Gasteiger partial charge in [0.2, 0.25) is 0 Å². The molecule has 0 aromatic rings. The zero-order valence-corrected chi connectivity index (χ0v) is 15.9. The van der Waals surface area contributed by atoms with Crippen molar-refractivity contribution in [3.05, 3.63) is 0 Å². The summed E-state index contributed by atoms with van der Waals surface area (Å²) < 4.78 is 0. The summed E-state index contributed by atoms with van der Waals surface area (Å²) in [7, 11) is 0. The SMILES string of the molecule is CCCCCCCCCCCCCCCC[NH+](CC)CC.[F-]. The third-order valence-electron chi connectivity index (χ3n) is 4.88. The topological polar surface area (TPSA) is 4.44 Å². The number of hydrogen-bond donors (Lipinski definition) is 1. The van der Waals surface area contributed by atoms with Gasteiger partial charge in [0.1, 0.15) is 0 Å². The molecule has 0 heterocycles. The van der Waals surface area contributed by atoms with Crippen LogP contribution in [0.3, 0.4) is 0 Å². The monoisotopic (exact) mass is 317 g/mol. The van der Waals surface area contributed by atoms with Gasteiger partial charge in [-0.25, -0.2) is 0 Å². The van der Waals surface area contributed by atoms with Crippen LogP contribution in [-0.2, 0) is 0 Å². The summed E-state index contributed by atoms with van der Waals surface area (Å²) in [5, 5.41) is 0. The maximum Gasteiger partial charge on any atom is 0.0770 e. The van der Waals surface area contributed by atoms with E-state index in [4.69, 9.17) is 0 Å². The van der Waals surface area contributed by atoms with Gasteiger partial charge in [0, 0.05) is 0 Å². The highest BCUT2D eigenvalue weighted by molar-refractivity contribution is 4.49. The van der Waals surface area contributed by atoms with E-state index in [-0.39, 0.29) is 4.70 Å². The fourth-order valence-corrected chi connectivity index (χ4v) is 3.17. The lowest BCUT2D eigenvalue weighted by atomic mass is 10.0. The molecule has 0 spiro atoms. The van der Waals surface area contributed by atoms with Gasteiger partial charge in [-0.15, -0.1) is 0 Å². The Labute approximate surface area is 140 Å². The van der Waals surface area contributed by atoms with Crippen LogP contribution in [0.1, 0.15) is 111 Å². The second kappa shape index (κ2) is 20.9. The zero-order chi connectivity index (χ0) is 15.6. The van der Waals surface area contributed by atoms with Crippen LogP contribution in [0.5, 0.6) is 0 Å². The van der Waals surface area contributed by atoms with Crippen molar-refractivity contribution in [1.29, 1.82) is 0 Å². The minimum Gasteiger partial charge on any atom is -1.00 e. The van der Waals surface area contributed by atoms with Crippen LogP contribution < -0.4 is 9.60 Å². The molecule has 22 heavy (non-hydrogen) atoms. The number of nitrogens with one attached hydrogen (secondary N) is 1. The molecular weight excluding hydrogens is 273 g/mol. The first-order valence-electron chi connectivity index (χ1n) is 10.2.